The van der Waals surface area contributed by atoms with E-state index in [9.17, 15) is 4.39 Å². The van der Waals surface area contributed by atoms with Gasteiger partial charge in [-0.05, 0) is 35.9 Å². The molecule has 0 saturated heterocycles. The molecule has 3 aromatic rings. The normalized spacial score (nSPS) is 11.9. The first-order chi connectivity index (χ1) is 14.1. The summed E-state index contributed by atoms with van der Waals surface area (Å²) in [6, 6.07) is 8.45. The van der Waals surface area contributed by atoms with Crippen molar-refractivity contribution in [3.8, 4) is 22.8 Å². The molecule has 6 nitrogen and oxygen atoms in total. The van der Waals surface area contributed by atoms with Crippen LogP contribution in [0.2, 0.25) is 5.02 Å². The van der Waals surface area contributed by atoms with Crippen molar-refractivity contribution in [3.05, 3.63) is 52.3 Å². The van der Waals surface area contributed by atoms with Crippen LogP contribution in [0, 0.1) is 5.82 Å². The lowest BCUT2D eigenvalue weighted by Gasteiger charge is -2.13. The summed E-state index contributed by atoms with van der Waals surface area (Å²) in [5.74, 6) is 1.66. The van der Waals surface area contributed by atoms with Crippen LogP contribution in [-0.4, -0.2) is 37.6 Å². The molecule has 0 aliphatic heterocycles. The number of anilines is 2. The Morgan fingerprint density at radius 1 is 1.17 bits per heavy atom. The number of hydrogen-bond acceptors (Lipinski definition) is 5. The van der Waals surface area contributed by atoms with Gasteiger partial charge in [0.05, 0.1) is 24.4 Å². The standard InChI is InChI=1S/C21H21ClFN3O3/c1-27-6-3-7-29-19-9-12-8-15-20(14(12)11-18(19)28-2)25-26-21(15)24-13-4-5-17(23)16(22)10-13/h4-5,9-11H,3,6-8H2,1-2H3,(H2,24,25,26). The molecule has 0 atom stereocenters. The van der Waals surface area contributed by atoms with Crippen molar-refractivity contribution in [1.82, 2.24) is 10.2 Å². The van der Waals surface area contributed by atoms with Gasteiger partial charge in [0, 0.05) is 43.4 Å². The molecule has 1 aromatic heterocycles. The summed E-state index contributed by atoms with van der Waals surface area (Å²) in [6.07, 6.45) is 1.49. The smallest absolute Gasteiger partial charge is 0.161 e. The summed E-state index contributed by atoms with van der Waals surface area (Å²) < 4.78 is 29.9. The maximum absolute atomic E-state index is 13.4. The lowest BCUT2D eigenvalue weighted by atomic mass is 10.1. The highest BCUT2D eigenvalue weighted by molar-refractivity contribution is 6.31. The van der Waals surface area contributed by atoms with Crippen LogP contribution in [0.25, 0.3) is 11.3 Å². The van der Waals surface area contributed by atoms with Crippen molar-refractivity contribution in [1.29, 1.82) is 0 Å². The number of nitrogens with zero attached hydrogens (tertiary/aromatic N) is 1. The number of halogens is 2. The largest absolute Gasteiger partial charge is 0.493 e. The molecular weight excluding hydrogens is 397 g/mol. The molecule has 0 fully saturated rings. The van der Waals surface area contributed by atoms with Gasteiger partial charge >= 0.3 is 0 Å². The van der Waals surface area contributed by atoms with Gasteiger partial charge < -0.3 is 19.5 Å². The van der Waals surface area contributed by atoms with Gasteiger partial charge in [0.15, 0.2) is 11.5 Å². The fourth-order valence-electron chi connectivity index (χ4n) is 3.40. The van der Waals surface area contributed by atoms with Crippen LogP contribution in [0.4, 0.5) is 15.9 Å². The number of benzene rings is 2. The molecule has 1 aliphatic carbocycles. The Morgan fingerprint density at radius 2 is 2.03 bits per heavy atom. The van der Waals surface area contributed by atoms with E-state index in [4.69, 9.17) is 25.8 Å². The summed E-state index contributed by atoms with van der Waals surface area (Å²) in [6.45, 7) is 1.19. The van der Waals surface area contributed by atoms with Crippen molar-refractivity contribution >= 4 is 23.1 Å². The first-order valence-electron chi connectivity index (χ1n) is 9.23. The lowest BCUT2D eigenvalue weighted by molar-refractivity contribution is 0.170. The number of H-pyrrole nitrogens is 1. The van der Waals surface area contributed by atoms with E-state index in [0.29, 0.717) is 36.8 Å². The molecule has 0 amide bonds. The molecular formula is C21H21ClFN3O3. The zero-order chi connectivity index (χ0) is 20.4. The monoisotopic (exact) mass is 417 g/mol. The second kappa shape index (κ2) is 8.31. The Hall–Kier alpha value is -2.77. The van der Waals surface area contributed by atoms with E-state index in [1.807, 2.05) is 12.1 Å². The van der Waals surface area contributed by atoms with Gasteiger partial charge in [0.2, 0.25) is 0 Å². The molecule has 1 heterocycles. The molecule has 29 heavy (non-hydrogen) atoms. The first-order valence-corrected chi connectivity index (χ1v) is 9.61. The summed E-state index contributed by atoms with van der Waals surface area (Å²) >= 11 is 5.88. The van der Waals surface area contributed by atoms with Gasteiger partial charge in [0.1, 0.15) is 11.6 Å². The molecule has 1 aliphatic rings. The van der Waals surface area contributed by atoms with Crippen molar-refractivity contribution in [2.24, 2.45) is 0 Å². The zero-order valence-corrected chi connectivity index (χ0v) is 16.9. The average molecular weight is 418 g/mol. The number of rotatable bonds is 8. The van der Waals surface area contributed by atoms with Crippen molar-refractivity contribution in [2.45, 2.75) is 12.8 Å². The highest BCUT2D eigenvalue weighted by Gasteiger charge is 2.27. The molecule has 2 aromatic carbocycles. The fourth-order valence-corrected chi connectivity index (χ4v) is 3.58. The number of aromatic nitrogens is 2. The van der Waals surface area contributed by atoms with E-state index >= 15 is 0 Å². The van der Waals surface area contributed by atoms with E-state index in [2.05, 4.69) is 15.5 Å². The molecule has 0 bridgehead atoms. The SMILES string of the molecule is COCCCOc1cc2c(cc1OC)-c1n[nH]c(Nc3ccc(F)c(Cl)c3)c1C2. The highest BCUT2D eigenvalue weighted by Crippen LogP contribution is 2.44. The molecule has 4 rings (SSSR count). The number of aromatic amines is 1. The van der Waals surface area contributed by atoms with E-state index in [1.165, 1.54) is 6.07 Å². The molecule has 152 valence electrons. The predicted molar refractivity (Wildman–Crippen MR) is 110 cm³/mol. The number of hydrogen-bond donors (Lipinski definition) is 2. The van der Waals surface area contributed by atoms with Crippen LogP contribution in [0.15, 0.2) is 30.3 Å². The molecule has 0 saturated carbocycles. The molecule has 0 unspecified atom stereocenters. The van der Waals surface area contributed by atoms with Gasteiger partial charge in [-0.1, -0.05) is 11.6 Å². The Morgan fingerprint density at radius 3 is 2.79 bits per heavy atom. The van der Waals surface area contributed by atoms with Crippen LogP contribution in [0.3, 0.4) is 0 Å². The molecule has 8 heteroatoms. The van der Waals surface area contributed by atoms with E-state index in [0.717, 1.165) is 34.6 Å². The number of nitrogens with one attached hydrogen (secondary N) is 2. The number of methoxy groups -OCH3 is 2. The van der Waals surface area contributed by atoms with Crippen LogP contribution in [0.1, 0.15) is 17.5 Å². The van der Waals surface area contributed by atoms with Gasteiger partial charge in [-0.25, -0.2) is 4.39 Å². The number of ether oxygens (including phenoxy) is 3. The Kier molecular flexibility index (Phi) is 5.60. The van der Waals surface area contributed by atoms with Crippen molar-refractivity contribution in [3.63, 3.8) is 0 Å². The topological polar surface area (TPSA) is 68.4 Å². The maximum atomic E-state index is 13.4. The van der Waals surface area contributed by atoms with E-state index in [-0.39, 0.29) is 5.02 Å². The lowest BCUT2D eigenvalue weighted by Crippen LogP contribution is -2.03. The minimum absolute atomic E-state index is 0.0643. The zero-order valence-electron chi connectivity index (χ0n) is 16.1. The third kappa shape index (κ3) is 3.88. The van der Waals surface area contributed by atoms with Gasteiger partial charge in [-0.2, -0.15) is 5.10 Å². The third-order valence-corrected chi connectivity index (χ3v) is 5.11. The van der Waals surface area contributed by atoms with Crippen LogP contribution in [-0.2, 0) is 11.2 Å². The Labute approximate surface area is 172 Å². The minimum Gasteiger partial charge on any atom is -0.493 e. The quantitative estimate of drug-likeness (QED) is 0.397. The number of fused-ring (bicyclic) bond motifs is 3. The summed E-state index contributed by atoms with van der Waals surface area (Å²) in [5, 5.41) is 10.8. The molecule has 0 radical (unpaired) electrons. The highest BCUT2D eigenvalue weighted by atomic mass is 35.5. The van der Waals surface area contributed by atoms with Gasteiger partial charge in [0.25, 0.3) is 0 Å². The first kappa shape index (κ1) is 19.5. The second-order valence-electron chi connectivity index (χ2n) is 6.71. The van der Waals surface area contributed by atoms with Crippen LogP contribution >= 0.6 is 11.6 Å². The van der Waals surface area contributed by atoms with E-state index < -0.39 is 5.82 Å². The van der Waals surface area contributed by atoms with Gasteiger partial charge in [-0.15, -0.1) is 0 Å². The predicted octanol–water partition coefficient (Wildman–Crippen LogP) is 4.94. The minimum atomic E-state index is -0.454. The van der Waals surface area contributed by atoms with Gasteiger partial charge in [-0.3, -0.25) is 5.10 Å². The van der Waals surface area contributed by atoms with Crippen LogP contribution in [0.5, 0.6) is 11.5 Å². The third-order valence-electron chi connectivity index (χ3n) is 4.82. The molecule has 2 N–H and O–H groups in total. The summed E-state index contributed by atoms with van der Waals surface area (Å²) in [5.41, 5.74) is 4.68. The van der Waals surface area contributed by atoms with E-state index in [1.54, 1.807) is 26.4 Å². The van der Waals surface area contributed by atoms with Crippen molar-refractivity contribution in [2.75, 3.05) is 32.8 Å². The Bertz CT molecular complexity index is 1040. The summed E-state index contributed by atoms with van der Waals surface area (Å²) in [7, 11) is 3.29. The second-order valence-corrected chi connectivity index (χ2v) is 7.12. The fraction of sp³-hybridized carbons (Fsp3) is 0.286. The average Bonchev–Trinajstić information content (AvgIpc) is 3.26. The maximum Gasteiger partial charge on any atom is 0.161 e. The summed E-state index contributed by atoms with van der Waals surface area (Å²) in [4.78, 5) is 0. The van der Waals surface area contributed by atoms with Crippen LogP contribution < -0.4 is 14.8 Å². The Balaban J connectivity index is 1.58. The van der Waals surface area contributed by atoms with Crippen molar-refractivity contribution < 1.29 is 18.6 Å². The molecule has 0 spiro atoms.